The molecular weight excluding hydrogens is 228 g/mol. The fraction of sp³-hybridized carbons (Fsp3) is 0.300. The molecule has 0 N–H and O–H groups in total. The molecule has 2 rings (SSSR count). The van der Waals surface area contributed by atoms with Gasteiger partial charge in [-0.1, -0.05) is 0 Å². The zero-order valence-corrected chi connectivity index (χ0v) is 9.71. The molecule has 0 aromatic carbocycles. The quantitative estimate of drug-likeness (QED) is 0.767. The van der Waals surface area contributed by atoms with Gasteiger partial charge in [-0.15, -0.1) is 11.3 Å². The molecule has 0 bridgehead atoms. The monoisotopic (exact) mass is 238 g/mol. The third-order valence-corrected chi connectivity index (χ3v) is 2.66. The largest absolute Gasteiger partial charge is 0.461 e. The van der Waals surface area contributed by atoms with Gasteiger partial charge < -0.3 is 9.15 Å². The predicted molar refractivity (Wildman–Crippen MR) is 58.3 cm³/mol. The van der Waals surface area contributed by atoms with Crippen molar-refractivity contribution in [2.24, 2.45) is 0 Å². The molecule has 6 heteroatoms. The number of carbonyl (C=O) groups excluding carboxylic acids is 1. The molecule has 0 amide bonds. The minimum absolute atomic E-state index is 0.173. The molecule has 0 fully saturated rings. The number of oxazole rings is 1. The third-order valence-electron chi connectivity index (χ3n) is 1.89. The molecule has 5 nitrogen and oxygen atoms in total. The SMILES string of the molecule is CCOC(=O)c1ncoc1-c1csc(C)n1. The van der Waals surface area contributed by atoms with Gasteiger partial charge in [-0.3, -0.25) is 0 Å². The van der Waals surface area contributed by atoms with Crippen LogP contribution in [0.4, 0.5) is 0 Å². The van der Waals surface area contributed by atoms with Crippen LogP contribution in [0.5, 0.6) is 0 Å². The smallest absolute Gasteiger partial charge is 0.361 e. The number of esters is 1. The Morgan fingerprint density at radius 1 is 1.62 bits per heavy atom. The van der Waals surface area contributed by atoms with Crippen molar-refractivity contribution in [2.45, 2.75) is 13.8 Å². The van der Waals surface area contributed by atoms with E-state index in [-0.39, 0.29) is 5.69 Å². The standard InChI is InChI=1S/C10H10N2O3S/c1-3-14-10(13)8-9(15-5-11-8)7-4-16-6(2)12-7/h4-5H,3H2,1-2H3. The van der Waals surface area contributed by atoms with E-state index in [1.54, 1.807) is 6.92 Å². The third kappa shape index (κ3) is 1.96. The van der Waals surface area contributed by atoms with Crippen LogP contribution in [-0.4, -0.2) is 22.5 Å². The molecule has 0 unspecified atom stereocenters. The molecule has 0 aliphatic heterocycles. The first kappa shape index (κ1) is 10.8. The van der Waals surface area contributed by atoms with Gasteiger partial charge in [0.25, 0.3) is 0 Å². The molecule has 2 aromatic rings. The molecule has 2 aromatic heterocycles. The Kier molecular flexibility index (Phi) is 3.00. The van der Waals surface area contributed by atoms with Gasteiger partial charge >= 0.3 is 5.97 Å². The van der Waals surface area contributed by atoms with E-state index in [0.29, 0.717) is 18.1 Å². The predicted octanol–water partition coefficient (Wildman–Crippen LogP) is 2.28. The Balaban J connectivity index is 2.36. The first-order chi connectivity index (χ1) is 7.72. The number of ether oxygens (including phenoxy) is 1. The number of aromatic nitrogens is 2. The van der Waals surface area contributed by atoms with Crippen molar-refractivity contribution in [3.05, 3.63) is 22.5 Å². The van der Waals surface area contributed by atoms with E-state index in [1.165, 1.54) is 17.7 Å². The molecule has 84 valence electrons. The summed E-state index contributed by atoms with van der Waals surface area (Å²) in [5, 5.41) is 2.72. The highest BCUT2D eigenvalue weighted by molar-refractivity contribution is 7.09. The van der Waals surface area contributed by atoms with Crippen LogP contribution in [0.3, 0.4) is 0 Å². The fourth-order valence-electron chi connectivity index (χ4n) is 1.24. The van der Waals surface area contributed by atoms with Crippen LogP contribution < -0.4 is 0 Å². The molecule has 2 heterocycles. The summed E-state index contributed by atoms with van der Waals surface area (Å²) >= 11 is 1.49. The van der Waals surface area contributed by atoms with E-state index in [0.717, 1.165) is 5.01 Å². The summed E-state index contributed by atoms with van der Waals surface area (Å²) in [6.07, 6.45) is 1.22. The van der Waals surface area contributed by atoms with Crippen LogP contribution in [-0.2, 0) is 4.74 Å². The second-order valence-electron chi connectivity index (χ2n) is 3.00. The molecule has 0 saturated heterocycles. The minimum Gasteiger partial charge on any atom is -0.461 e. The summed E-state index contributed by atoms with van der Waals surface area (Å²) in [6, 6.07) is 0. The van der Waals surface area contributed by atoms with E-state index in [4.69, 9.17) is 9.15 Å². The van der Waals surface area contributed by atoms with Crippen LogP contribution in [0.2, 0.25) is 0 Å². The summed E-state index contributed by atoms with van der Waals surface area (Å²) in [7, 11) is 0. The number of rotatable bonds is 3. The molecule has 16 heavy (non-hydrogen) atoms. The van der Waals surface area contributed by atoms with Gasteiger partial charge in [0.2, 0.25) is 0 Å². The zero-order chi connectivity index (χ0) is 11.5. The van der Waals surface area contributed by atoms with Gasteiger partial charge in [-0.05, 0) is 13.8 Å². The maximum Gasteiger partial charge on any atom is 0.361 e. The van der Waals surface area contributed by atoms with Crippen LogP contribution in [0.15, 0.2) is 16.2 Å². The number of carbonyl (C=O) groups is 1. The van der Waals surface area contributed by atoms with Gasteiger partial charge in [-0.25, -0.2) is 14.8 Å². The maximum absolute atomic E-state index is 11.5. The van der Waals surface area contributed by atoms with Gasteiger partial charge in [0.1, 0.15) is 5.69 Å². The van der Waals surface area contributed by atoms with E-state index in [9.17, 15) is 4.79 Å². The average Bonchev–Trinajstić information content (AvgIpc) is 2.85. The molecule has 0 spiro atoms. The van der Waals surface area contributed by atoms with Crippen LogP contribution >= 0.6 is 11.3 Å². The van der Waals surface area contributed by atoms with Crippen LogP contribution in [0, 0.1) is 6.92 Å². The van der Waals surface area contributed by atoms with Crippen molar-refractivity contribution in [3.8, 4) is 11.5 Å². The normalized spacial score (nSPS) is 10.4. The Morgan fingerprint density at radius 2 is 2.44 bits per heavy atom. The van der Waals surface area contributed by atoms with E-state index < -0.39 is 5.97 Å². The van der Waals surface area contributed by atoms with E-state index in [2.05, 4.69) is 9.97 Å². The number of thiazole rings is 1. The lowest BCUT2D eigenvalue weighted by atomic mass is 10.3. The van der Waals surface area contributed by atoms with Crippen molar-refractivity contribution in [2.75, 3.05) is 6.61 Å². The summed E-state index contributed by atoms with van der Waals surface area (Å²) in [4.78, 5) is 19.6. The molecule has 0 aliphatic rings. The van der Waals surface area contributed by atoms with E-state index in [1.807, 2.05) is 12.3 Å². The van der Waals surface area contributed by atoms with Gasteiger partial charge in [0.05, 0.1) is 11.6 Å². The zero-order valence-electron chi connectivity index (χ0n) is 8.89. The lowest BCUT2D eigenvalue weighted by Crippen LogP contribution is -2.06. The topological polar surface area (TPSA) is 65.2 Å². The summed E-state index contributed by atoms with van der Waals surface area (Å²) in [5.74, 6) is -0.125. The summed E-state index contributed by atoms with van der Waals surface area (Å²) < 4.78 is 10.0. The fourth-order valence-corrected chi connectivity index (χ4v) is 1.83. The lowest BCUT2D eigenvalue weighted by Gasteiger charge is -1.98. The summed E-state index contributed by atoms with van der Waals surface area (Å²) in [5.41, 5.74) is 0.787. The van der Waals surface area contributed by atoms with Crippen molar-refractivity contribution < 1.29 is 13.9 Å². The number of aryl methyl sites for hydroxylation is 1. The number of hydrogen-bond acceptors (Lipinski definition) is 6. The molecule has 0 saturated carbocycles. The highest BCUT2D eigenvalue weighted by Crippen LogP contribution is 2.24. The summed E-state index contributed by atoms with van der Waals surface area (Å²) in [6.45, 7) is 3.93. The minimum atomic E-state index is -0.489. The number of nitrogens with zero attached hydrogens (tertiary/aromatic N) is 2. The maximum atomic E-state index is 11.5. The molecular formula is C10H10N2O3S. The van der Waals surface area contributed by atoms with Crippen molar-refractivity contribution >= 4 is 17.3 Å². The Morgan fingerprint density at radius 3 is 3.06 bits per heavy atom. The first-order valence-corrected chi connectivity index (χ1v) is 5.63. The molecule has 0 radical (unpaired) electrons. The highest BCUT2D eigenvalue weighted by Gasteiger charge is 2.20. The second-order valence-corrected chi connectivity index (χ2v) is 4.06. The molecule has 0 aliphatic carbocycles. The molecule has 0 atom stereocenters. The number of hydrogen-bond donors (Lipinski definition) is 0. The van der Waals surface area contributed by atoms with Crippen molar-refractivity contribution in [1.82, 2.24) is 9.97 Å². The highest BCUT2D eigenvalue weighted by atomic mass is 32.1. The average molecular weight is 238 g/mol. The van der Waals surface area contributed by atoms with Gasteiger partial charge in [0.15, 0.2) is 17.8 Å². The van der Waals surface area contributed by atoms with Crippen molar-refractivity contribution in [1.29, 1.82) is 0 Å². The Bertz CT molecular complexity index is 504. The van der Waals surface area contributed by atoms with Crippen LogP contribution in [0.1, 0.15) is 22.4 Å². The van der Waals surface area contributed by atoms with Crippen LogP contribution in [0.25, 0.3) is 11.5 Å². The second kappa shape index (κ2) is 4.44. The lowest BCUT2D eigenvalue weighted by molar-refractivity contribution is 0.0520. The first-order valence-electron chi connectivity index (χ1n) is 4.75. The Labute approximate surface area is 96.1 Å². The van der Waals surface area contributed by atoms with Gasteiger partial charge in [0, 0.05) is 5.38 Å². The van der Waals surface area contributed by atoms with Gasteiger partial charge in [-0.2, -0.15) is 0 Å². The van der Waals surface area contributed by atoms with E-state index >= 15 is 0 Å². The Hall–Kier alpha value is -1.69. The van der Waals surface area contributed by atoms with Crippen molar-refractivity contribution in [3.63, 3.8) is 0 Å².